The van der Waals surface area contributed by atoms with E-state index in [0.29, 0.717) is 17.5 Å². The van der Waals surface area contributed by atoms with E-state index in [2.05, 4.69) is 33.4 Å². The van der Waals surface area contributed by atoms with Crippen molar-refractivity contribution in [3.63, 3.8) is 0 Å². The van der Waals surface area contributed by atoms with Gasteiger partial charge in [0.05, 0.1) is 17.8 Å². The van der Waals surface area contributed by atoms with Gasteiger partial charge in [-0.1, -0.05) is 18.2 Å². The largest absolute Gasteiger partial charge is 0.462 e. The lowest BCUT2D eigenvalue weighted by Crippen LogP contribution is -2.12. The fourth-order valence-electron chi connectivity index (χ4n) is 3.32. The first-order valence-electron chi connectivity index (χ1n) is 9.66. The molecule has 0 fully saturated rings. The van der Waals surface area contributed by atoms with Gasteiger partial charge in [-0.3, -0.25) is 0 Å². The number of aryl methyl sites for hydroxylation is 3. The fourth-order valence-corrected chi connectivity index (χ4v) is 3.32. The summed E-state index contributed by atoms with van der Waals surface area (Å²) in [6, 6.07) is 10.00. The van der Waals surface area contributed by atoms with Crippen molar-refractivity contribution in [2.24, 2.45) is 0 Å². The first-order valence-corrected chi connectivity index (χ1v) is 9.66. The molecule has 0 amide bonds. The van der Waals surface area contributed by atoms with Gasteiger partial charge >= 0.3 is 5.97 Å². The van der Waals surface area contributed by atoms with E-state index in [1.165, 1.54) is 12.5 Å². The molecule has 152 valence electrons. The fraction of sp³-hybridized carbons (Fsp3) is 0.227. The van der Waals surface area contributed by atoms with Gasteiger partial charge in [0.2, 0.25) is 0 Å². The van der Waals surface area contributed by atoms with Crippen LogP contribution in [-0.4, -0.2) is 37.3 Å². The molecule has 0 unspecified atom stereocenters. The summed E-state index contributed by atoms with van der Waals surface area (Å²) in [4.78, 5) is 25.3. The zero-order chi connectivity index (χ0) is 21.3. The van der Waals surface area contributed by atoms with Crippen LogP contribution in [0.15, 0.2) is 42.9 Å². The van der Waals surface area contributed by atoms with E-state index >= 15 is 0 Å². The maximum Gasteiger partial charge on any atom is 0.343 e. The minimum Gasteiger partial charge on any atom is -0.462 e. The van der Waals surface area contributed by atoms with Gasteiger partial charge in [-0.05, 0) is 44.9 Å². The van der Waals surface area contributed by atoms with Crippen LogP contribution < -0.4 is 5.32 Å². The van der Waals surface area contributed by atoms with Crippen LogP contribution in [0, 0.1) is 20.8 Å². The number of fused-ring (bicyclic) bond motifs is 1. The molecule has 8 nitrogen and oxygen atoms in total. The number of aromatic nitrogens is 5. The van der Waals surface area contributed by atoms with Crippen LogP contribution >= 0.6 is 0 Å². The van der Waals surface area contributed by atoms with Crippen LogP contribution in [0.2, 0.25) is 0 Å². The number of hydrogen-bond acceptors (Lipinski definition) is 7. The van der Waals surface area contributed by atoms with Gasteiger partial charge in [0.15, 0.2) is 5.82 Å². The molecular formula is C22H22N6O2. The quantitative estimate of drug-likeness (QED) is 0.503. The highest BCUT2D eigenvalue weighted by Gasteiger charge is 2.18. The lowest BCUT2D eigenvalue weighted by atomic mass is 10.1. The normalized spacial score (nSPS) is 10.9. The smallest absolute Gasteiger partial charge is 0.343 e. The summed E-state index contributed by atoms with van der Waals surface area (Å²) >= 11 is 0. The summed E-state index contributed by atoms with van der Waals surface area (Å²) < 4.78 is 6.82. The number of carbonyl (C=O) groups is 1. The maximum absolute atomic E-state index is 12.3. The van der Waals surface area contributed by atoms with E-state index < -0.39 is 5.97 Å². The van der Waals surface area contributed by atoms with Crippen LogP contribution in [-0.2, 0) is 4.74 Å². The Labute approximate surface area is 174 Å². The van der Waals surface area contributed by atoms with E-state index in [-0.39, 0.29) is 12.2 Å². The Balaban J connectivity index is 1.80. The highest BCUT2D eigenvalue weighted by molar-refractivity contribution is 5.95. The standard InChI is InChI=1S/C22H22N6O2/c1-5-30-22(29)17-11-23-12-24-21(17)26-19-10-15(4)27-28(19)18-9-14(3)16-8-6-7-13(2)20(16)25-18/h6-12H,5H2,1-4H3,(H,23,24,26). The van der Waals surface area contributed by atoms with Gasteiger partial charge in [-0.2, -0.15) is 9.78 Å². The number of rotatable bonds is 5. The molecule has 0 radical (unpaired) electrons. The number of pyridine rings is 1. The molecule has 0 aliphatic carbocycles. The molecule has 1 aromatic carbocycles. The van der Waals surface area contributed by atoms with Gasteiger partial charge in [0.25, 0.3) is 0 Å². The minimum atomic E-state index is -0.487. The lowest BCUT2D eigenvalue weighted by Gasteiger charge is -2.13. The van der Waals surface area contributed by atoms with Crippen molar-refractivity contribution in [2.75, 3.05) is 11.9 Å². The number of esters is 1. The monoisotopic (exact) mass is 402 g/mol. The number of benzene rings is 1. The first-order chi connectivity index (χ1) is 14.5. The molecular weight excluding hydrogens is 380 g/mol. The summed E-state index contributed by atoms with van der Waals surface area (Å²) in [7, 11) is 0. The Bertz CT molecular complexity index is 1250. The van der Waals surface area contributed by atoms with Crippen LogP contribution in [0.4, 0.5) is 11.6 Å². The zero-order valence-corrected chi connectivity index (χ0v) is 17.3. The van der Waals surface area contributed by atoms with Crippen LogP contribution in [0.25, 0.3) is 16.7 Å². The first kappa shape index (κ1) is 19.5. The number of carbonyl (C=O) groups excluding carboxylic acids is 1. The topological polar surface area (TPSA) is 94.8 Å². The molecule has 1 N–H and O–H groups in total. The molecule has 8 heteroatoms. The molecule has 0 spiro atoms. The number of hydrogen-bond donors (Lipinski definition) is 1. The predicted octanol–water partition coefficient (Wildman–Crippen LogP) is 4.06. The molecule has 0 atom stereocenters. The van der Waals surface area contributed by atoms with E-state index in [1.54, 1.807) is 11.6 Å². The average molecular weight is 402 g/mol. The van der Waals surface area contributed by atoms with Crippen LogP contribution in [0.5, 0.6) is 0 Å². The van der Waals surface area contributed by atoms with Gasteiger partial charge < -0.3 is 10.1 Å². The molecule has 3 heterocycles. The van der Waals surface area contributed by atoms with Gasteiger partial charge in [0.1, 0.15) is 23.5 Å². The molecule has 30 heavy (non-hydrogen) atoms. The number of anilines is 2. The highest BCUT2D eigenvalue weighted by atomic mass is 16.5. The summed E-state index contributed by atoms with van der Waals surface area (Å²) in [6.45, 7) is 8.01. The van der Waals surface area contributed by atoms with Crippen molar-refractivity contribution in [3.8, 4) is 5.82 Å². The highest BCUT2D eigenvalue weighted by Crippen LogP contribution is 2.26. The number of ether oxygens (including phenoxy) is 1. The summed E-state index contributed by atoms with van der Waals surface area (Å²) in [5, 5.41) is 8.90. The maximum atomic E-state index is 12.3. The second-order valence-corrected chi connectivity index (χ2v) is 6.98. The van der Waals surface area contributed by atoms with E-state index in [9.17, 15) is 4.79 Å². The second-order valence-electron chi connectivity index (χ2n) is 6.98. The summed E-state index contributed by atoms with van der Waals surface area (Å²) in [5.74, 6) is 1.17. The number of nitrogens with one attached hydrogen (secondary N) is 1. The zero-order valence-electron chi connectivity index (χ0n) is 17.3. The van der Waals surface area contributed by atoms with Gasteiger partial charge in [-0.25, -0.2) is 19.7 Å². The second kappa shape index (κ2) is 7.90. The third-order valence-electron chi connectivity index (χ3n) is 4.74. The van der Waals surface area contributed by atoms with Crippen molar-refractivity contribution < 1.29 is 9.53 Å². The Morgan fingerprint density at radius 3 is 2.80 bits per heavy atom. The van der Waals surface area contributed by atoms with Crippen molar-refractivity contribution >= 4 is 28.5 Å². The third kappa shape index (κ3) is 3.59. The molecule has 0 saturated heterocycles. The minimum absolute atomic E-state index is 0.253. The summed E-state index contributed by atoms with van der Waals surface area (Å²) in [5.41, 5.74) is 4.18. The van der Waals surface area contributed by atoms with Gasteiger partial charge in [0, 0.05) is 17.6 Å². The molecule has 3 aromatic heterocycles. The Hall–Kier alpha value is -3.81. The predicted molar refractivity (Wildman–Crippen MR) is 114 cm³/mol. The number of nitrogens with zero attached hydrogens (tertiary/aromatic N) is 5. The molecule has 4 rings (SSSR count). The summed E-state index contributed by atoms with van der Waals surface area (Å²) in [6.07, 6.45) is 2.81. The third-order valence-corrected chi connectivity index (χ3v) is 4.74. The molecule has 4 aromatic rings. The molecule has 0 saturated carbocycles. The lowest BCUT2D eigenvalue weighted by molar-refractivity contribution is 0.0526. The van der Waals surface area contributed by atoms with Crippen LogP contribution in [0.1, 0.15) is 34.1 Å². The van der Waals surface area contributed by atoms with E-state index in [0.717, 1.165) is 27.7 Å². The Morgan fingerprint density at radius 1 is 1.17 bits per heavy atom. The molecule has 0 aliphatic heterocycles. The molecule has 0 bridgehead atoms. The van der Waals surface area contributed by atoms with Crippen molar-refractivity contribution in [1.82, 2.24) is 24.7 Å². The van der Waals surface area contributed by atoms with Crippen molar-refractivity contribution in [2.45, 2.75) is 27.7 Å². The van der Waals surface area contributed by atoms with E-state index in [1.807, 2.05) is 38.1 Å². The van der Waals surface area contributed by atoms with E-state index in [4.69, 9.17) is 9.72 Å². The average Bonchev–Trinajstić information content (AvgIpc) is 3.09. The van der Waals surface area contributed by atoms with Crippen molar-refractivity contribution in [3.05, 3.63) is 65.2 Å². The number of para-hydroxylation sites is 1. The SMILES string of the molecule is CCOC(=O)c1cncnc1Nc1cc(C)nn1-c1cc(C)c2cccc(C)c2n1. The van der Waals surface area contributed by atoms with Crippen LogP contribution in [0.3, 0.4) is 0 Å². The Kier molecular flexibility index (Phi) is 5.14. The van der Waals surface area contributed by atoms with Crippen molar-refractivity contribution in [1.29, 1.82) is 0 Å². The molecule has 0 aliphatic rings. The Morgan fingerprint density at radius 2 is 2.00 bits per heavy atom. The van der Waals surface area contributed by atoms with Gasteiger partial charge in [-0.15, -0.1) is 0 Å².